The van der Waals surface area contributed by atoms with Crippen LogP contribution in [-0.2, 0) is 14.6 Å². The highest BCUT2D eigenvalue weighted by atomic mass is 32.3. The van der Waals surface area contributed by atoms with Gasteiger partial charge in [-0.1, -0.05) is 0 Å². The number of likely N-dealkylation sites (N-methyl/N-ethyl adjacent to an activating group) is 1. The molecule has 0 amide bonds. The van der Waals surface area contributed by atoms with Gasteiger partial charge in [-0.3, -0.25) is 4.18 Å². The first-order chi connectivity index (χ1) is 4.42. The minimum Gasteiger partial charge on any atom is -0.726 e. The highest BCUT2D eigenvalue weighted by Crippen LogP contribution is 1.85. The molecule has 62 valence electrons. The van der Waals surface area contributed by atoms with Crippen LogP contribution >= 0.6 is 0 Å². The van der Waals surface area contributed by atoms with Gasteiger partial charge in [-0.15, -0.1) is 0 Å². The van der Waals surface area contributed by atoms with Gasteiger partial charge in [-0.2, -0.15) is 0 Å². The molecule has 0 radical (unpaired) electrons. The maximum atomic E-state index is 9.82. The van der Waals surface area contributed by atoms with Crippen molar-refractivity contribution in [2.45, 2.75) is 0 Å². The summed E-state index contributed by atoms with van der Waals surface area (Å²) in [5, 5.41) is 0. The Morgan fingerprint density at radius 3 is 2.30 bits per heavy atom. The number of rotatable bonds is 4. The normalized spacial score (nSPS) is 12.4. The molecule has 0 aliphatic carbocycles. The number of hydrogen-bond donors (Lipinski definition) is 0. The lowest BCUT2D eigenvalue weighted by Gasteiger charge is -2.10. The molecular weight excluding hydrogens is 158 g/mol. The molecule has 0 atom stereocenters. The molecular formula is C4H10NO4S-. The van der Waals surface area contributed by atoms with Crippen LogP contribution in [0.4, 0.5) is 0 Å². The summed E-state index contributed by atoms with van der Waals surface area (Å²) in [5.74, 6) is 0. The molecule has 0 aromatic carbocycles. The van der Waals surface area contributed by atoms with Gasteiger partial charge in [0.25, 0.3) is 0 Å². The summed E-state index contributed by atoms with van der Waals surface area (Å²) in [4.78, 5) is 1.71. The molecule has 0 bridgehead atoms. The average molecular weight is 168 g/mol. The smallest absolute Gasteiger partial charge is 0.217 e. The van der Waals surface area contributed by atoms with Crippen molar-refractivity contribution < 1.29 is 17.2 Å². The van der Waals surface area contributed by atoms with Gasteiger partial charge in [-0.25, -0.2) is 8.42 Å². The Balaban J connectivity index is 3.39. The van der Waals surface area contributed by atoms with Gasteiger partial charge < -0.3 is 9.45 Å². The molecule has 0 N–H and O–H groups in total. The molecule has 5 nitrogen and oxygen atoms in total. The lowest BCUT2D eigenvalue weighted by molar-refractivity contribution is 0.231. The molecule has 10 heavy (non-hydrogen) atoms. The van der Waals surface area contributed by atoms with Crippen molar-refractivity contribution in [2.75, 3.05) is 27.2 Å². The van der Waals surface area contributed by atoms with E-state index in [1.165, 1.54) is 0 Å². The van der Waals surface area contributed by atoms with E-state index in [4.69, 9.17) is 0 Å². The summed E-state index contributed by atoms with van der Waals surface area (Å²) in [7, 11) is -0.995. The minimum absolute atomic E-state index is 0.0845. The third kappa shape index (κ3) is 7.83. The van der Waals surface area contributed by atoms with Crippen LogP contribution in [0.15, 0.2) is 0 Å². The topological polar surface area (TPSA) is 69.7 Å². The summed E-state index contributed by atoms with van der Waals surface area (Å²) >= 11 is 0. The first kappa shape index (κ1) is 9.83. The predicted octanol–water partition coefficient (Wildman–Crippen LogP) is -0.975. The first-order valence-electron chi connectivity index (χ1n) is 2.67. The summed E-state index contributed by atoms with van der Waals surface area (Å²) in [6.45, 7) is 0.334. The van der Waals surface area contributed by atoms with Gasteiger partial charge in [0.2, 0.25) is 10.4 Å². The zero-order chi connectivity index (χ0) is 8.20. The van der Waals surface area contributed by atoms with Crippen molar-refractivity contribution in [2.24, 2.45) is 0 Å². The van der Waals surface area contributed by atoms with Crippen LogP contribution in [0.3, 0.4) is 0 Å². The molecule has 0 unspecified atom stereocenters. The first-order valence-corrected chi connectivity index (χ1v) is 4.00. The highest BCUT2D eigenvalue weighted by Gasteiger charge is 1.94. The van der Waals surface area contributed by atoms with E-state index < -0.39 is 10.4 Å². The van der Waals surface area contributed by atoms with Gasteiger partial charge >= 0.3 is 0 Å². The Morgan fingerprint density at radius 1 is 1.50 bits per heavy atom. The van der Waals surface area contributed by atoms with Crippen LogP contribution < -0.4 is 0 Å². The molecule has 0 fully saturated rings. The van der Waals surface area contributed by atoms with Crippen LogP contribution in [-0.4, -0.2) is 45.1 Å². The predicted molar refractivity (Wildman–Crippen MR) is 34.2 cm³/mol. The van der Waals surface area contributed by atoms with Crippen LogP contribution in [0, 0.1) is 0 Å². The van der Waals surface area contributed by atoms with Crippen molar-refractivity contribution in [3.63, 3.8) is 0 Å². The van der Waals surface area contributed by atoms with Crippen LogP contribution in [0.1, 0.15) is 0 Å². The maximum absolute atomic E-state index is 9.82. The van der Waals surface area contributed by atoms with Crippen molar-refractivity contribution in [3.8, 4) is 0 Å². The summed E-state index contributed by atoms with van der Waals surface area (Å²) in [5.41, 5.74) is 0. The highest BCUT2D eigenvalue weighted by molar-refractivity contribution is 7.80. The van der Waals surface area contributed by atoms with Crippen molar-refractivity contribution in [1.82, 2.24) is 4.90 Å². The Morgan fingerprint density at radius 2 is 2.00 bits per heavy atom. The third-order valence-corrected chi connectivity index (χ3v) is 1.22. The fourth-order valence-corrected chi connectivity index (χ4v) is 0.601. The monoisotopic (exact) mass is 168 g/mol. The van der Waals surface area contributed by atoms with E-state index in [0.29, 0.717) is 6.54 Å². The molecule has 6 heteroatoms. The molecule has 0 rings (SSSR count). The summed E-state index contributed by atoms with van der Waals surface area (Å²) < 4.78 is 33.4. The minimum atomic E-state index is -4.50. The van der Waals surface area contributed by atoms with Crippen molar-refractivity contribution >= 4 is 10.4 Å². The van der Waals surface area contributed by atoms with E-state index in [1.54, 1.807) is 19.0 Å². The molecule has 0 heterocycles. The van der Waals surface area contributed by atoms with Gasteiger partial charge in [0.15, 0.2) is 0 Å². The summed E-state index contributed by atoms with van der Waals surface area (Å²) in [6.07, 6.45) is 0. The lowest BCUT2D eigenvalue weighted by atomic mass is 10.6. The fraction of sp³-hybridized carbons (Fsp3) is 1.00. The standard InChI is InChI=1S/C4H11NO4S/c1-5(2)3-4-9-10(6,7)8/h3-4H2,1-2H3,(H,6,7,8)/p-1. The van der Waals surface area contributed by atoms with Gasteiger partial charge in [-0.05, 0) is 14.1 Å². The Hall–Kier alpha value is -0.170. The van der Waals surface area contributed by atoms with E-state index in [9.17, 15) is 13.0 Å². The lowest BCUT2D eigenvalue weighted by Crippen LogP contribution is -2.19. The Bertz CT molecular complexity index is 174. The largest absolute Gasteiger partial charge is 0.726 e. The molecule has 0 saturated heterocycles. The van der Waals surface area contributed by atoms with Crippen molar-refractivity contribution in [1.29, 1.82) is 0 Å². The van der Waals surface area contributed by atoms with Crippen LogP contribution in [0.5, 0.6) is 0 Å². The molecule has 0 spiro atoms. The Kier molecular flexibility index (Phi) is 3.80. The zero-order valence-electron chi connectivity index (χ0n) is 5.90. The maximum Gasteiger partial charge on any atom is 0.217 e. The second-order valence-corrected chi connectivity index (χ2v) is 3.09. The molecule has 0 saturated carbocycles. The second-order valence-electron chi connectivity index (χ2n) is 2.03. The van der Waals surface area contributed by atoms with E-state index in [1.807, 2.05) is 0 Å². The molecule has 0 aliphatic rings. The van der Waals surface area contributed by atoms with Crippen molar-refractivity contribution in [3.05, 3.63) is 0 Å². The van der Waals surface area contributed by atoms with Gasteiger partial charge in [0.1, 0.15) is 0 Å². The molecule has 0 aromatic rings. The fourth-order valence-electron chi connectivity index (χ4n) is 0.322. The van der Waals surface area contributed by atoms with Crippen LogP contribution in [0.2, 0.25) is 0 Å². The summed E-state index contributed by atoms with van der Waals surface area (Å²) in [6, 6.07) is 0. The van der Waals surface area contributed by atoms with E-state index in [0.717, 1.165) is 0 Å². The Labute approximate surface area is 60.5 Å². The zero-order valence-corrected chi connectivity index (χ0v) is 6.72. The van der Waals surface area contributed by atoms with E-state index >= 15 is 0 Å². The van der Waals surface area contributed by atoms with E-state index in [-0.39, 0.29) is 6.61 Å². The third-order valence-electron chi connectivity index (χ3n) is 0.766. The number of hydrogen-bond acceptors (Lipinski definition) is 5. The quantitative estimate of drug-likeness (QED) is 0.399. The molecule has 0 aliphatic heterocycles. The van der Waals surface area contributed by atoms with Gasteiger partial charge in [0.05, 0.1) is 6.61 Å². The second kappa shape index (κ2) is 3.87. The average Bonchev–Trinajstić information content (AvgIpc) is 1.59. The van der Waals surface area contributed by atoms with Crippen LogP contribution in [0.25, 0.3) is 0 Å². The SMILES string of the molecule is CN(C)CCOS(=O)(=O)[O-]. The van der Waals surface area contributed by atoms with Gasteiger partial charge in [0, 0.05) is 6.54 Å². The van der Waals surface area contributed by atoms with E-state index in [2.05, 4.69) is 4.18 Å². The molecule has 0 aromatic heterocycles. The number of nitrogens with zero attached hydrogens (tertiary/aromatic N) is 1.